The number of aromatic nitrogens is 3. The fourth-order valence-electron chi connectivity index (χ4n) is 3.24. The van der Waals surface area contributed by atoms with Gasteiger partial charge in [0.25, 0.3) is 0 Å². The van der Waals surface area contributed by atoms with Crippen LogP contribution in [0.1, 0.15) is 12.8 Å². The number of methoxy groups -OCH3 is 1. The van der Waals surface area contributed by atoms with Crippen molar-refractivity contribution in [1.29, 1.82) is 0 Å². The number of nitrogens with one attached hydrogen (secondary N) is 1. The highest BCUT2D eigenvalue weighted by molar-refractivity contribution is 6.30. The Labute approximate surface area is 172 Å². The first kappa shape index (κ1) is 19.2. The molecule has 1 fully saturated rings. The maximum Gasteiger partial charge on any atom is 0.324 e. The van der Waals surface area contributed by atoms with E-state index >= 15 is 0 Å². The maximum absolute atomic E-state index is 12.6. The monoisotopic (exact) mass is 413 g/mol. The maximum atomic E-state index is 12.6. The first-order valence-corrected chi connectivity index (χ1v) is 9.65. The average molecular weight is 414 g/mol. The fraction of sp³-hybridized carbons (Fsp3) is 0.300. The Bertz CT molecular complexity index is 975. The minimum atomic E-state index is -0.197. The van der Waals surface area contributed by atoms with Gasteiger partial charge >= 0.3 is 6.01 Å². The molecule has 0 aliphatic carbocycles. The molecule has 3 aromatic rings. The zero-order chi connectivity index (χ0) is 20.2. The predicted molar refractivity (Wildman–Crippen MR) is 109 cm³/mol. The van der Waals surface area contributed by atoms with Gasteiger partial charge in [0, 0.05) is 24.8 Å². The number of piperidine rings is 1. The fourth-order valence-corrected chi connectivity index (χ4v) is 3.36. The quantitative estimate of drug-likeness (QED) is 0.682. The second kappa shape index (κ2) is 8.48. The molecule has 1 aromatic carbocycles. The van der Waals surface area contributed by atoms with E-state index in [0.29, 0.717) is 29.2 Å². The first-order valence-electron chi connectivity index (χ1n) is 9.28. The van der Waals surface area contributed by atoms with Crippen molar-refractivity contribution in [3.05, 3.63) is 47.6 Å². The number of anilines is 2. The van der Waals surface area contributed by atoms with Crippen LogP contribution < -0.4 is 15.0 Å². The standard InChI is InChI=1S/C20H20ClN5O3/c1-28-16-7-4-13(5-8-16)18-24-20(29-25-18)26-10-2-3-14(12-26)19(27)23-17-9-6-15(21)11-22-17/h4-9,11,14H,2-3,10,12H2,1H3,(H,22,23,27)/t14-/m0/s1. The van der Waals surface area contributed by atoms with E-state index in [1.54, 1.807) is 19.2 Å². The number of carbonyl (C=O) groups is 1. The van der Waals surface area contributed by atoms with E-state index in [0.717, 1.165) is 30.7 Å². The molecule has 1 aliphatic heterocycles. The molecule has 0 bridgehead atoms. The number of benzene rings is 1. The number of pyridine rings is 1. The number of halogens is 1. The van der Waals surface area contributed by atoms with Crippen LogP contribution in [0.2, 0.25) is 5.02 Å². The number of amides is 1. The zero-order valence-corrected chi connectivity index (χ0v) is 16.6. The van der Waals surface area contributed by atoms with Gasteiger partial charge in [-0.15, -0.1) is 0 Å². The minimum absolute atomic E-state index is 0.0839. The van der Waals surface area contributed by atoms with Gasteiger partial charge in [-0.05, 0) is 49.2 Å². The van der Waals surface area contributed by atoms with E-state index in [1.807, 2.05) is 29.2 Å². The molecule has 0 spiro atoms. The molecule has 4 rings (SSSR count). The molecule has 1 N–H and O–H groups in total. The molecular formula is C20H20ClN5O3. The third-order valence-corrected chi connectivity index (χ3v) is 5.03. The van der Waals surface area contributed by atoms with Crippen molar-refractivity contribution in [3.63, 3.8) is 0 Å². The van der Waals surface area contributed by atoms with E-state index in [9.17, 15) is 4.79 Å². The number of carbonyl (C=O) groups excluding carboxylic acids is 1. The lowest BCUT2D eigenvalue weighted by molar-refractivity contribution is -0.120. The summed E-state index contributed by atoms with van der Waals surface area (Å²) in [5, 5.41) is 7.43. The van der Waals surface area contributed by atoms with Gasteiger partial charge in [-0.2, -0.15) is 4.98 Å². The highest BCUT2D eigenvalue weighted by Gasteiger charge is 2.29. The molecule has 0 saturated carbocycles. The van der Waals surface area contributed by atoms with E-state index in [-0.39, 0.29) is 11.8 Å². The summed E-state index contributed by atoms with van der Waals surface area (Å²) in [7, 11) is 1.62. The van der Waals surface area contributed by atoms with Crippen LogP contribution >= 0.6 is 11.6 Å². The number of nitrogens with zero attached hydrogens (tertiary/aromatic N) is 4. The summed E-state index contributed by atoms with van der Waals surface area (Å²) in [5.41, 5.74) is 0.834. The van der Waals surface area contributed by atoms with Crippen molar-refractivity contribution in [2.24, 2.45) is 5.92 Å². The van der Waals surface area contributed by atoms with Gasteiger partial charge in [-0.1, -0.05) is 16.8 Å². The Hall–Kier alpha value is -3.13. The van der Waals surface area contributed by atoms with Crippen molar-refractivity contribution in [1.82, 2.24) is 15.1 Å². The van der Waals surface area contributed by atoms with E-state index in [1.165, 1.54) is 6.20 Å². The molecule has 150 valence electrons. The topological polar surface area (TPSA) is 93.4 Å². The lowest BCUT2D eigenvalue weighted by Gasteiger charge is -2.30. The lowest BCUT2D eigenvalue weighted by Crippen LogP contribution is -2.41. The van der Waals surface area contributed by atoms with Crippen molar-refractivity contribution in [2.45, 2.75) is 12.8 Å². The Morgan fingerprint density at radius 1 is 1.28 bits per heavy atom. The molecule has 8 nitrogen and oxygen atoms in total. The smallest absolute Gasteiger partial charge is 0.324 e. The number of hydrogen-bond donors (Lipinski definition) is 1. The molecule has 9 heteroatoms. The van der Waals surface area contributed by atoms with Crippen molar-refractivity contribution in [3.8, 4) is 17.1 Å². The minimum Gasteiger partial charge on any atom is -0.497 e. The molecule has 0 radical (unpaired) electrons. The summed E-state index contributed by atoms with van der Waals surface area (Å²) < 4.78 is 10.6. The van der Waals surface area contributed by atoms with Gasteiger partial charge in [0.05, 0.1) is 18.1 Å². The Kier molecular flexibility index (Phi) is 5.62. The van der Waals surface area contributed by atoms with Gasteiger partial charge in [-0.3, -0.25) is 4.79 Å². The van der Waals surface area contributed by atoms with Gasteiger partial charge < -0.3 is 19.5 Å². The number of hydrogen-bond acceptors (Lipinski definition) is 7. The Morgan fingerprint density at radius 3 is 2.83 bits per heavy atom. The summed E-state index contributed by atoms with van der Waals surface area (Å²) in [6, 6.07) is 11.2. The summed E-state index contributed by atoms with van der Waals surface area (Å²) in [4.78, 5) is 23.2. The molecule has 3 heterocycles. The normalized spacial score (nSPS) is 16.5. The predicted octanol–water partition coefficient (Wildman–Crippen LogP) is 3.65. The van der Waals surface area contributed by atoms with Crippen LogP contribution in [0.3, 0.4) is 0 Å². The third kappa shape index (κ3) is 4.48. The zero-order valence-electron chi connectivity index (χ0n) is 15.8. The highest BCUT2D eigenvalue weighted by atomic mass is 35.5. The van der Waals surface area contributed by atoms with Crippen molar-refractivity contribution in [2.75, 3.05) is 30.4 Å². The van der Waals surface area contributed by atoms with Crippen LogP contribution in [0.25, 0.3) is 11.4 Å². The number of ether oxygens (including phenoxy) is 1. The second-order valence-corrected chi connectivity index (χ2v) is 7.20. The van der Waals surface area contributed by atoms with Crippen LogP contribution in [-0.2, 0) is 4.79 Å². The van der Waals surface area contributed by atoms with Crippen LogP contribution in [0.5, 0.6) is 5.75 Å². The molecule has 29 heavy (non-hydrogen) atoms. The van der Waals surface area contributed by atoms with Crippen LogP contribution in [0.4, 0.5) is 11.8 Å². The summed E-state index contributed by atoms with van der Waals surface area (Å²) in [6.45, 7) is 1.26. The molecule has 1 aliphatic rings. The lowest BCUT2D eigenvalue weighted by atomic mass is 9.97. The Balaban J connectivity index is 1.42. The Morgan fingerprint density at radius 2 is 2.10 bits per heavy atom. The first-order chi connectivity index (χ1) is 14.1. The molecule has 0 unspecified atom stereocenters. The molecule has 1 atom stereocenters. The summed E-state index contributed by atoms with van der Waals surface area (Å²) in [6.07, 6.45) is 3.14. The van der Waals surface area contributed by atoms with Gasteiger partial charge in [-0.25, -0.2) is 4.98 Å². The third-order valence-electron chi connectivity index (χ3n) is 4.80. The van der Waals surface area contributed by atoms with Crippen LogP contribution in [0, 0.1) is 5.92 Å². The van der Waals surface area contributed by atoms with Crippen molar-refractivity contribution < 1.29 is 14.1 Å². The average Bonchev–Trinajstić information content (AvgIpc) is 3.26. The van der Waals surface area contributed by atoms with Gasteiger partial charge in [0.15, 0.2) is 0 Å². The van der Waals surface area contributed by atoms with Crippen LogP contribution in [-0.4, -0.2) is 41.2 Å². The second-order valence-electron chi connectivity index (χ2n) is 6.77. The highest BCUT2D eigenvalue weighted by Crippen LogP contribution is 2.26. The van der Waals surface area contributed by atoms with E-state index in [4.69, 9.17) is 20.9 Å². The van der Waals surface area contributed by atoms with Gasteiger partial charge in [0.2, 0.25) is 11.7 Å². The molecule has 2 aromatic heterocycles. The largest absolute Gasteiger partial charge is 0.497 e. The molecule has 1 saturated heterocycles. The van der Waals surface area contributed by atoms with E-state index < -0.39 is 0 Å². The summed E-state index contributed by atoms with van der Waals surface area (Å²) >= 11 is 5.83. The van der Waals surface area contributed by atoms with Crippen LogP contribution in [0.15, 0.2) is 47.1 Å². The van der Waals surface area contributed by atoms with Crippen molar-refractivity contribution >= 4 is 29.3 Å². The summed E-state index contributed by atoms with van der Waals surface area (Å²) in [5.74, 6) is 1.46. The molecule has 1 amide bonds. The number of rotatable bonds is 5. The SMILES string of the molecule is COc1ccc(-c2noc(N3CCC[C@H](C(=O)Nc4ccc(Cl)cn4)C3)n2)cc1. The molecular weight excluding hydrogens is 394 g/mol. The van der Waals surface area contributed by atoms with Gasteiger partial charge in [0.1, 0.15) is 11.6 Å². The van der Waals surface area contributed by atoms with E-state index in [2.05, 4.69) is 20.4 Å².